The van der Waals surface area contributed by atoms with Crippen LogP contribution >= 0.6 is 0 Å². The standard InChI is InChI=1S/C19H14O5/c1-12(20)16-10-14-7-8-15(11-17(14)24-19(16)22)23-18(21)9-13-5-3-2-4-6-13/h2-8,10-11H,9H2,1H3. The van der Waals surface area contributed by atoms with Crippen LogP contribution in [-0.2, 0) is 11.2 Å². The number of hydrogen-bond acceptors (Lipinski definition) is 5. The van der Waals surface area contributed by atoms with E-state index < -0.39 is 11.6 Å². The summed E-state index contributed by atoms with van der Waals surface area (Å²) in [6.07, 6.45) is 0.145. The van der Waals surface area contributed by atoms with E-state index in [1.807, 2.05) is 30.3 Å². The molecule has 0 aliphatic carbocycles. The average Bonchev–Trinajstić information content (AvgIpc) is 2.54. The highest BCUT2D eigenvalue weighted by Gasteiger charge is 2.11. The van der Waals surface area contributed by atoms with E-state index in [9.17, 15) is 14.4 Å². The maximum atomic E-state index is 12.0. The molecule has 0 saturated carbocycles. The Morgan fingerprint density at radius 2 is 1.79 bits per heavy atom. The summed E-state index contributed by atoms with van der Waals surface area (Å²) in [5.41, 5.74) is 0.398. The Hall–Kier alpha value is -3.21. The summed E-state index contributed by atoms with van der Waals surface area (Å²) in [7, 11) is 0. The van der Waals surface area contributed by atoms with Crippen LogP contribution in [0.1, 0.15) is 22.8 Å². The topological polar surface area (TPSA) is 73.6 Å². The van der Waals surface area contributed by atoms with Crippen molar-refractivity contribution in [2.75, 3.05) is 0 Å². The quantitative estimate of drug-likeness (QED) is 0.319. The first-order valence-electron chi connectivity index (χ1n) is 7.36. The Bertz CT molecular complexity index is 970. The van der Waals surface area contributed by atoms with E-state index in [1.165, 1.54) is 19.1 Å². The molecule has 0 amide bonds. The zero-order valence-electron chi connectivity index (χ0n) is 12.9. The van der Waals surface area contributed by atoms with Crippen LogP contribution < -0.4 is 10.4 Å². The fourth-order valence-corrected chi connectivity index (χ4v) is 2.33. The van der Waals surface area contributed by atoms with E-state index in [2.05, 4.69) is 0 Å². The molecule has 1 heterocycles. The van der Waals surface area contributed by atoms with Gasteiger partial charge in [-0.2, -0.15) is 0 Å². The summed E-state index contributed by atoms with van der Waals surface area (Å²) in [6, 6.07) is 15.4. The van der Waals surface area contributed by atoms with Gasteiger partial charge >= 0.3 is 11.6 Å². The summed E-state index contributed by atoms with van der Waals surface area (Å²) in [6.45, 7) is 1.30. The third kappa shape index (κ3) is 3.41. The minimum atomic E-state index is -0.706. The fourth-order valence-electron chi connectivity index (χ4n) is 2.33. The van der Waals surface area contributed by atoms with Gasteiger partial charge in [0.05, 0.1) is 6.42 Å². The molecule has 0 spiro atoms. The Morgan fingerprint density at radius 1 is 1.04 bits per heavy atom. The van der Waals surface area contributed by atoms with Crippen molar-refractivity contribution in [3.05, 3.63) is 76.1 Å². The van der Waals surface area contributed by atoms with Crippen molar-refractivity contribution in [1.82, 2.24) is 0 Å². The van der Waals surface area contributed by atoms with E-state index in [0.717, 1.165) is 5.56 Å². The van der Waals surface area contributed by atoms with Gasteiger partial charge in [0.15, 0.2) is 5.78 Å². The number of carbonyl (C=O) groups is 2. The molecule has 0 aliphatic heterocycles. The predicted octanol–water partition coefficient (Wildman–Crippen LogP) is 3.14. The SMILES string of the molecule is CC(=O)c1cc2ccc(OC(=O)Cc3ccccc3)cc2oc1=O. The molecule has 1 aromatic heterocycles. The molecule has 3 rings (SSSR count). The Morgan fingerprint density at radius 3 is 2.50 bits per heavy atom. The van der Waals surface area contributed by atoms with E-state index >= 15 is 0 Å². The van der Waals surface area contributed by atoms with Crippen LogP contribution in [0, 0.1) is 0 Å². The molecule has 0 radical (unpaired) electrons. The normalized spacial score (nSPS) is 10.5. The van der Waals surface area contributed by atoms with Crippen molar-refractivity contribution >= 4 is 22.7 Å². The monoisotopic (exact) mass is 322 g/mol. The lowest BCUT2D eigenvalue weighted by molar-refractivity contribution is -0.133. The zero-order valence-corrected chi connectivity index (χ0v) is 12.9. The highest BCUT2D eigenvalue weighted by molar-refractivity contribution is 5.96. The summed E-state index contributed by atoms with van der Waals surface area (Å²) in [5, 5.41) is 0.586. The van der Waals surface area contributed by atoms with Crippen LogP contribution in [0.25, 0.3) is 11.0 Å². The molecule has 0 bridgehead atoms. The molecule has 24 heavy (non-hydrogen) atoms. The van der Waals surface area contributed by atoms with Crippen LogP contribution in [-0.4, -0.2) is 11.8 Å². The lowest BCUT2D eigenvalue weighted by atomic mass is 10.1. The number of fused-ring (bicyclic) bond motifs is 1. The van der Waals surface area contributed by atoms with Crippen molar-refractivity contribution < 1.29 is 18.7 Å². The molecule has 120 valence electrons. The molecule has 3 aromatic rings. The van der Waals surface area contributed by atoms with Gasteiger partial charge in [0.2, 0.25) is 0 Å². The number of ketones is 1. The number of esters is 1. The Labute approximate surface area is 137 Å². The fraction of sp³-hybridized carbons (Fsp3) is 0.105. The zero-order chi connectivity index (χ0) is 17.1. The third-order valence-electron chi connectivity index (χ3n) is 3.51. The Balaban J connectivity index is 1.83. The van der Waals surface area contributed by atoms with E-state index in [4.69, 9.17) is 9.15 Å². The van der Waals surface area contributed by atoms with E-state index in [1.54, 1.807) is 12.1 Å². The van der Waals surface area contributed by atoms with Gasteiger partial charge in [-0.25, -0.2) is 4.79 Å². The smallest absolute Gasteiger partial charge is 0.347 e. The summed E-state index contributed by atoms with van der Waals surface area (Å²) in [4.78, 5) is 35.1. The van der Waals surface area contributed by atoms with Gasteiger partial charge in [0.25, 0.3) is 0 Å². The summed E-state index contributed by atoms with van der Waals surface area (Å²) >= 11 is 0. The van der Waals surface area contributed by atoms with Gasteiger partial charge in [-0.15, -0.1) is 0 Å². The van der Waals surface area contributed by atoms with Crippen molar-refractivity contribution in [2.45, 2.75) is 13.3 Å². The van der Waals surface area contributed by atoms with Crippen molar-refractivity contribution in [1.29, 1.82) is 0 Å². The van der Waals surface area contributed by atoms with Crippen LogP contribution in [0.5, 0.6) is 5.75 Å². The Kier molecular flexibility index (Phi) is 4.24. The van der Waals surface area contributed by atoms with Crippen LogP contribution in [0.2, 0.25) is 0 Å². The maximum Gasteiger partial charge on any atom is 0.347 e. The molecule has 0 N–H and O–H groups in total. The van der Waals surface area contributed by atoms with Crippen LogP contribution in [0.15, 0.2) is 63.8 Å². The number of benzene rings is 2. The molecule has 0 saturated heterocycles. The van der Waals surface area contributed by atoms with Gasteiger partial charge < -0.3 is 9.15 Å². The lowest BCUT2D eigenvalue weighted by Gasteiger charge is -2.06. The molecule has 2 aromatic carbocycles. The number of hydrogen-bond donors (Lipinski definition) is 0. The molecule has 0 atom stereocenters. The predicted molar refractivity (Wildman–Crippen MR) is 88.3 cm³/mol. The number of ether oxygens (including phenoxy) is 1. The van der Waals surface area contributed by atoms with Gasteiger partial charge in [-0.3, -0.25) is 9.59 Å². The largest absolute Gasteiger partial charge is 0.426 e. The molecular weight excluding hydrogens is 308 g/mol. The summed E-state index contributed by atoms with van der Waals surface area (Å²) in [5.74, 6) is -0.491. The molecule has 5 nitrogen and oxygen atoms in total. The van der Waals surface area contributed by atoms with Gasteiger partial charge in [0.1, 0.15) is 16.9 Å². The second-order valence-electron chi connectivity index (χ2n) is 5.34. The maximum absolute atomic E-state index is 12.0. The first kappa shape index (κ1) is 15.7. The van der Waals surface area contributed by atoms with Crippen LogP contribution in [0.4, 0.5) is 0 Å². The van der Waals surface area contributed by atoms with Crippen molar-refractivity contribution in [3.63, 3.8) is 0 Å². The molecule has 0 aliphatic rings. The molecule has 0 unspecified atom stereocenters. The van der Waals surface area contributed by atoms with E-state index in [0.29, 0.717) is 5.39 Å². The minimum Gasteiger partial charge on any atom is -0.426 e. The van der Waals surface area contributed by atoms with Gasteiger partial charge in [0, 0.05) is 11.5 Å². The molecular formula is C19H14O5. The van der Waals surface area contributed by atoms with E-state index in [-0.39, 0.29) is 29.1 Å². The highest BCUT2D eigenvalue weighted by atomic mass is 16.5. The second-order valence-corrected chi connectivity index (χ2v) is 5.34. The number of rotatable bonds is 4. The van der Waals surface area contributed by atoms with Crippen molar-refractivity contribution in [3.8, 4) is 5.75 Å². The summed E-state index contributed by atoms with van der Waals surface area (Å²) < 4.78 is 10.4. The lowest BCUT2D eigenvalue weighted by Crippen LogP contribution is -2.12. The van der Waals surface area contributed by atoms with Crippen LogP contribution in [0.3, 0.4) is 0 Å². The minimum absolute atomic E-state index is 0.00341. The van der Waals surface area contributed by atoms with Gasteiger partial charge in [-0.05, 0) is 30.7 Å². The highest BCUT2D eigenvalue weighted by Crippen LogP contribution is 2.21. The first-order valence-corrected chi connectivity index (χ1v) is 7.36. The number of carbonyl (C=O) groups excluding carboxylic acids is 2. The van der Waals surface area contributed by atoms with Crippen molar-refractivity contribution in [2.24, 2.45) is 0 Å². The second kappa shape index (κ2) is 6.50. The third-order valence-corrected chi connectivity index (χ3v) is 3.51. The molecule has 5 heteroatoms. The number of Topliss-reactive ketones (excluding diaryl/α,β-unsaturated/α-hetero) is 1. The van der Waals surface area contributed by atoms with Gasteiger partial charge in [-0.1, -0.05) is 30.3 Å². The first-order chi connectivity index (χ1) is 11.5. The molecule has 0 fully saturated rings. The average molecular weight is 322 g/mol.